The summed E-state index contributed by atoms with van der Waals surface area (Å²) < 4.78 is 28.2. The van der Waals surface area contributed by atoms with Crippen molar-refractivity contribution in [2.24, 2.45) is 0 Å². The van der Waals surface area contributed by atoms with Crippen LogP contribution in [0, 0.1) is 11.6 Å². The maximum Gasteiger partial charge on any atom is 0.278 e. The Morgan fingerprint density at radius 3 is 2.33 bits per heavy atom. The lowest BCUT2D eigenvalue weighted by molar-refractivity contribution is -0.117. The van der Waals surface area contributed by atoms with Crippen LogP contribution in [0.1, 0.15) is 6.92 Å². The molecular formula is C24H18F2N4O3. The summed E-state index contributed by atoms with van der Waals surface area (Å²) in [5, 5.41) is 5.08. The highest BCUT2D eigenvalue weighted by atomic mass is 19.1. The highest BCUT2D eigenvalue weighted by molar-refractivity contribution is 5.94. The molecule has 3 aromatic carbocycles. The summed E-state index contributed by atoms with van der Waals surface area (Å²) >= 11 is 0. The number of benzene rings is 3. The van der Waals surface area contributed by atoms with E-state index in [0.717, 1.165) is 12.1 Å². The minimum absolute atomic E-state index is 0.0441. The van der Waals surface area contributed by atoms with Gasteiger partial charge in [-0.3, -0.25) is 19.0 Å². The normalized spacial score (nSPS) is 10.8. The van der Waals surface area contributed by atoms with Gasteiger partial charge >= 0.3 is 0 Å². The molecule has 0 saturated carbocycles. The summed E-state index contributed by atoms with van der Waals surface area (Å²) in [5.41, 5.74) is 1.06. The lowest BCUT2D eigenvalue weighted by Gasteiger charge is -2.14. The third kappa shape index (κ3) is 4.77. The molecule has 33 heavy (non-hydrogen) atoms. The van der Waals surface area contributed by atoms with Crippen LogP contribution in [0.3, 0.4) is 0 Å². The first-order valence-electron chi connectivity index (χ1n) is 9.94. The van der Waals surface area contributed by atoms with Crippen LogP contribution in [-0.2, 0) is 16.1 Å². The summed E-state index contributed by atoms with van der Waals surface area (Å²) in [6, 6.07) is 16.1. The van der Waals surface area contributed by atoms with Gasteiger partial charge in [-0.2, -0.15) is 0 Å². The van der Waals surface area contributed by atoms with Gasteiger partial charge in [0.15, 0.2) is 0 Å². The zero-order valence-corrected chi connectivity index (χ0v) is 17.4. The smallest absolute Gasteiger partial charge is 0.278 e. The predicted molar refractivity (Wildman–Crippen MR) is 121 cm³/mol. The van der Waals surface area contributed by atoms with Gasteiger partial charge in [0.05, 0.1) is 16.7 Å². The van der Waals surface area contributed by atoms with Crippen molar-refractivity contribution in [1.82, 2.24) is 9.55 Å². The van der Waals surface area contributed by atoms with Crippen molar-refractivity contribution in [2.75, 3.05) is 10.6 Å². The van der Waals surface area contributed by atoms with Gasteiger partial charge < -0.3 is 10.6 Å². The minimum Gasteiger partial charge on any atom is -0.326 e. The van der Waals surface area contributed by atoms with Gasteiger partial charge in [-0.1, -0.05) is 30.3 Å². The van der Waals surface area contributed by atoms with E-state index in [1.54, 1.807) is 48.5 Å². The first-order chi connectivity index (χ1) is 15.8. The lowest BCUT2D eigenvalue weighted by atomic mass is 10.1. The average Bonchev–Trinajstić information content (AvgIpc) is 2.75. The van der Waals surface area contributed by atoms with Crippen LogP contribution < -0.4 is 16.2 Å². The molecule has 7 nitrogen and oxygen atoms in total. The van der Waals surface area contributed by atoms with Gasteiger partial charge in [-0.25, -0.2) is 13.8 Å². The van der Waals surface area contributed by atoms with Crippen molar-refractivity contribution in [3.05, 3.63) is 88.7 Å². The Bertz CT molecular complexity index is 1430. The molecule has 0 spiro atoms. The molecule has 0 aliphatic carbocycles. The van der Waals surface area contributed by atoms with E-state index in [-0.39, 0.29) is 17.3 Å². The second kappa shape index (κ2) is 8.99. The van der Waals surface area contributed by atoms with Gasteiger partial charge in [0, 0.05) is 24.2 Å². The molecule has 2 N–H and O–H groups in total. The number of carbonyl (C=O) groups is 2. The summed E-state index contributed by atoms with van der Waals surface area (Å²) in [4.78, 5) is 42.2. The fraction of sp³-hybridized carbons (Fsp3) is 0.0833. The summed E-state index contributed by atoms with van der Waals surface area (Å²) in [6.45, 7) is 0.928. The molecule has 0 aliphatic heterocycles. The van der Waals surface area contributed by atoms with Crippen molar-refractivity contribution >= 4 is 34.2 Å². The van der Waals surface area contributed by atoms with Crippen molar-refractivity contribution < 1.29 is 18.4 Å². The number of fused-ring (bicyclic) bond motifs is 1. The Labute approximate surface area is 186 Å². The lowest BCUT2D eigenvalue weighted by Crippen LogP contribution is -2.30. The standard InChI is InChI=1S/C24H18F2N4O3/c1-14(31)27-19-7-3-2-6-18(19)23-24(33)30(21-9-5-4-8-20(21)29-23)13-22(32)28-17-11-15(25)10-16(26)12-17/h2-12H,13H2,1H3,(H,27,31)(H,28,32). The number of aromatic nitrogens is 2. The van der Waals surface area contributed by atoms with Crippen LogP contribution in [0.25, 0.3) is 22.3 Å². The van der Waals surface area contributed by atoms with E-state index >= 15 is 0 Å². The van der Waals surface area contributed by atoms with Gasteiger partial charge in [-0.05, 0) is 30.3 Å². The molecule has 2 amide bonds. The van der Waals surface area contributed by atoms with Crippen LogP contribution in [0.2, 0.25) is 0 Å². The highest BCUT2D eigenvalue weighted by Gasteiger charge is 2.18. The fourth-order valence-electron chi connectivity index (χ4n) is 3.48. The van der Waals surface area contributed by atoms with Crippen LogP contribution in [-0.4, -0.2) is 21.4 Å². The SMILES string of the molecule is CC(=O)Nc1ccccc1-c1nc2ccccc2n(CC(=O)Nc2cc(F)cc(F)c2)c1=O. The Kier molecular flexibility index (Phi) is 5.95. The predicted octanol–water partition coefficient (Wildman–Crippen LogP) is 3.94. The number of nitrogens with one attached hydrogen (secondary N) is 2. The molecular weight excluding hydrogens is 430 g/mol. The van der Waals surface area contributed by atoms with Gasteiger partial charge in [0.1, 0.15) is 23.9 Å². The van der Waals surface area contributed by atoms with Crippen LogP contribution in [0.15, 0.2) is 71.5 Å². The van der Waals surface area contributed by atoms with Crippen molar-refractivity contribution in [3.63, 3.8) is 0 Å². The number of hydrogen-bond acceptors (Lipinski definition) is 4. The molecule has 0 saturated heterocycles. The molecule has 0 atom stereocenters. The number of rotatable bonds is 5. The number of para-hydroxylation sites is 3. The topological polar surface area (TPSA) is 93.1 Å². The van der Waals surface area contributed by atoms with Crippen LogP contribution >= 0.6 is 0 Å². The van der Waals surface area contributed by atoms with E-state index in [1.165, 1.54) is 11.5 Å². The van der Waals surface area contributed by atoms with Gasteiger partial charge in [0.2, 0.25) is 11.8 Å². The molecule has 166 valence electrons. The molecule has 0 aliphatic rings. The molecule has 4 aromatic rings. The third-order valence-corrected chi connectivity index (χ3v) is 4.79. The molecule has 1 heterocycles. The Hall–Kier alpha value is -4.40. The zero-order valence-electron chi connectivity index (χ0n) is 17.4. The van der Waals surface area contributed by atoms with Crippen molar-refractivity contribution in [2.45, 2.75) is 13.5 Å². The van der Waals surface area contributed by atoms with E-state index in [9.17, 15) is 23.2 Å². The Morgan fingerprint density at radius 2 is 1.61 bits per heavy atom. The van der Waals surface area contributed by atoms with E-state index < -0.39 is 29.6 Å². The summed E-state index contributed by atoms with van der Waals surface area (Å²) in [6.07, 6.45) is 0. The molecule has 0 bridgehead atoms. The van der Waals surface area contributed by atoms with Crippen molar-refractivity contribution in [3.8, 4) is 11.3 Å². The Balaban J connectivity index is 1.79. The second-order valence-electron chi connectivity index (χ2n) is 7.27. The average molecular weight is 448 g/mol. The maximum atomic E-state index is 13.5. The molecule has 0 fully saturated rings. The number of amides is 2. The van der Waals surface area contributed by atoms with Crippen LogP contribution in [0.5, 0.6) is 0 Å². The monoisotopic (exact) mass is 448 g/mol. The van der Waals surface area contributed by atoms with E-state index in [4.69, 9.17) is 0 Å². The molecule has 9 heteroatoms. The third-order valence-electron chi connectivity index (χ3n) is 4.79. The fourth-order valence-corrected chi connectivity index (χ4v) is 3.48. The highest BCUT2D eigenvalue weighted by Crippen LogP contribution is 2.25. The molecule has 0 unspecified atom stereocenters. The molecule has 4 rings (SSSR count). The van der Waals surface area contributed by atoms with Gasteiger partial charge in [0.25, 0.3) is 5.56 Å². The van der Waals surface area contributed by atoms with E-state index in [0.29, 0.717) is 28.4 Å². The zero-order chi connectivity index (χ0) is 23.5. The van der Waals surface area contributed by atoms with Crippen LogP contribution in [0.4, 0.5) is 20.2 Å². The first kappa shape index (κ1) is 21.8. The maximum absolute atomic E-state index is 13.5. The molecule has 1 aromatic heterocycles. The largest absolute Gasteiger partial charge is 0.326 e. The number of nitrogens with zero attached hydrogens (tertiary/aromatic N) is 2. The van der Waals surface area contributed by atoms with E-state index in [2.05, 4.69) is 15.6 Å². The Morgan fingerprint density at radius 1 is 0.939 bits per heavy atom. The second-order valence-corrected chi connectivity index (χ2v) is 7.27. The van der Waals surface area contributed by atoms with Crippen molar-refractivity contribution in [1.29, 1.82) is 0 Å². The summed E-state index contributed by atoms with van der Waals surface area (Å²) in [7, 11) is 0. The first-order valence-corrected chi connectivity index (χ1v) is 9.94. The number of carbonyl (C=O) groups excluding carboxylic acids is 2. The number of anilines is 2. The molecule has 0 radical (unpaired) electrons. The van der Waals surface area contributed by atoms with Gasteiger partial charge in [-0.15, -0.1) is 0 Å². The quantitative estimate of drug-likeness (QED) is 0.484. The number of halogens is 2. The summed E-state index contributed by atoms with van der Waals surface area (Å²) in [5.74, 6) is -2.65. The number of hydrogen-bond donors (Lipinski definition) is 2. The minimum atomic E-state index is -0.839. The van der Waals surface area contributed by atoms with E-state index in [1.807, 2.05) is 0 Å².